The lowest BCUT2D eigenvalue weighted by atomic mass is 10.1. The van der Waals surface area contributed by atoms with Gasteiger partial charge in [0.15, 0.2) is 0 Å². The SMILES string of the molecule is CN1CCC(CNS(=O)(=O)c2cc(N)c(F)cc2Br)C1. The number of anilines is 1. The Morgan fingerprint density at radius 3 is 2.85 bits per heavy atom. The second kappa shape index (κ2) is 5.97. The van der Waals surface area contributed by atoms with Gasteiger partial charge in [-0.1, -0.05) is 0 Å². The number of halogens is 2. The Hall–Kier alpha value is -0.700. The van der Waals surface area contributed by atoms with Gasteiger partial charge in [-0.3, -0.25) is 0 Å². The van der Waals surface area contributed by atoms with Crippen LogP contribution in [0.3, 0.4) is 0 Å². The van der Waals surface area contributed by atoms with Gasteiger partial charge in [0.1, 0.15) is 5.82 Å². The predicted molar refractivity (Wildman–Crippen MR) is 79.3 cm³/mol. The number of nitrogen functional groups attached to an aromatic ring is 1. The van der Waals surface area contributed by atoms with Crippen LogP contribution in [0.1, 0.15) is 6.42 Å². The molecule has 8 heteroatoms. The van der Waals surface area contributed by atoms with Crippen LogP contribution in [-0.4, -0.2) is 40.0 Å². The van der Waals surface area contributed by atoms with E-state index in [1.807, 2.05) is 7.05 Å². The van der Waals surface area contributed by atoms with Gasteiger partial charge in [-0.05, 0) is 54.0 Å². The molecule has 0 aliphatic carbocycles. The summed E-state index contributed by atoms with van der Waals surface area (Å²) in [4.78, 5) is 2.12. The molecule has 0 aromatic heterocycles. The Labute approximate surface area is 126 Å². The smallest absolute Gasteiger partial charge is 0.241 e. The molecule has 1 aliphatic heterocycles. The summed E-state index contributed by atoms with van der Waals surface area (Å²) in [5.41, 5.74) is 5.24. The topological polar surface area (TPSA) is 75.4 Å². The van der Waals surface area contributed by atoms with Crippen LogP contribution in [-0.2, 0) is 10.0 Å². The summed E-state index contributed by atoms with van der Waals surface area (Å²) in [6.45, 7) is 2.21. The van der Waals surface area contributed by atoms with Gasteiger partial charge in [-0.2, -0.15) is 0 Å². The van der Waals surface area contributed by atoms with Crippen molar-refractivity contribution < 1.29 is 12.8 Å². The highest BCUT2D eigenvalue weighted by molar-refractivity contribution is 9.10. The Balaban J connectivity index is 2.12. The molecule has 1 aromatic carbocycles. The van der Waals surface area contributed by atoms with E-state index < -0.39 is 15.8 Å². The molecule has 1 unspecified atom stereocenters. The number of likely N-dealkylation sites (tertiary alicyclic amines) is 1. The van der Waals surface area contributed by atoms with Crippen molar-refractivity contribution in [1.29, 1.82) is 0 Å². The van der Waals surface area contributed by atoms with Crippen molar-refractivity contribution >= 4 is 31.6 Å². The van der Waals surface area contributed by atoms with Crippen LogP contribution in [0.15, 0.2) is 21.5 Å². The molecule has 0 radical (unpaired) electrons. The Morgan fingerprint density at radius 2 is 2.25 bits per heavy atom. The summed E-state index contributed by atoms with van der Waals surface area (Å²) < 4.78 is 40.4. The van der Waals surface area contributed by atoms with E-state index in [0.29, 0.717) is 12.5 Å². The van der Waals surface area contributed by atoms with E-state index in [4.69, 9.17) is 5.73 Å². The molecule has 1 atom stereocenters. The fourth-order valence-corrected chi connectivity index (χ4v) is 4.41. The molecule has 0 saturated carbocycles. The molecule has 5 nitrogen and oxygen atoms in total. The van der Waals surface area contributed by atoms with E-state index in [9.17, 15) is 12.8 Å². The van der Waals surface area contributed by atoms with Gasteiger partial charge in [0.2, 0.25) is 10.0 Å². The molecule has 0 amide bonds. The molecule has 3 N–H and O–H groups in total. The van der Waals surface area contributed by atoms with Crippen molar-refractivity contribution in [1.82, 2.24) is 9.62 Å². The number of rotatable bonds is 4. The zero-order valence-electron chi connectivity index (χ0n) is 11.1. The highest BCUT2D eigenvalue weighted by atomic mass is 79.9. The summed E-state index contributed by atoms with van der Waals surface area (Å²) >= 11 is 3.06. The summed E-state index contributed by atoms with van der Waals surface area (Å²) in [5, 5.41) is 0. The highest BCUT2D eigenvalue weighted by Crippen LogP contribution is 2.27. The zero-order chi connectivity index (χ0) is 14.9. The van der Waals surface area contributed by atoms with Crippen molar-refractivity contribution in [2.75, 3.05) is 32.4 Å². The summed E-state index contributed by atoms with van der Waals surface area (Å²) in [6.07, 6.45) is 0.964. The molecule has 1 fully saturated rings. The summed E-state index contributed by atoms with van der Waals surface area (Å²) in [7, 11) is -1.69. The standard InChI is InChI=1S/C12H17BrFN3O2S/c1-17-3-2-8(7-17)6-16-20(18,19)12-5-11(15)10(14)4-9(12)13/h4-5,8,16H,2-3,6-7,15H2,1H3. The van der Waals surface area contributed by atoms with E-state index in [-0.39, 0.29) is 15.1 Å². The largest absolute Gasteiger partial charge is 0.396 e. The van der Waals surface area contributed by atoms with Crippen molar-refractivity contribution in [3.63, 3.8) is 0 Å². The summed E-state index contributed by atoms with van der Waals surface area (Å²) in [5.74, 6) is -0.348. The third-order valence-corrected chi connectivity index (χ3v) is 5.77. The third-order valence-electron chi connectivity index (χ3n) is 3.39. The number of nitrogens with zero attached hydrogens (tertiary/aromatic N) is 1. The lowest BCUT2D eigenvalue weighted by Gasteiger charge is -2.13. The van der Waals surface area contributed by atoms with Crippen LogP contribution in [0.4, 0.5) is 10.1 Å². The normalized spacial score (nSPS) is 20.4. The minimum Gasteiger partial charge on any atom is -0.396 e. The van der Waals surface area contributed by atoms with Crippen LogP contribution in [0.2, 0.25) is 0 Å². The first-order chi connectivity index (χ1) is 9.29. The van der Waals surface area contributed by atoms with E-state index in [1.54, 1.807) is 0 Å². The quantitative estimate of drug-likeness (QED) is 0.790. The van der Waals surface area contributed by atoms with E-state index in [2.05, 4.69) is 25.6 Å². The number of sulfonamides is 1. The van der Waals surface area contributed by atoms with E-state index >= 15 is 0 Å². The molecule has 1 saturated heterocycles. The summed E-state index contributed by atoms with van der Waals surface area (Å²) in [6, 6.07) is 2.19. The average Bonchev–Trinajstić information content (AvgIpc) is 2.77. The first kappa shape index (κ1) is 15.7. The Bertz CT molecular complexity index is 609. The average molecular weight is 366 g/mol. The Morgan fingerprint density at radius 1 is 1.55 bits per heavy atom. The fourth-order valence-electron chi connectivity index (χ4n) is 2.25. The van der Waals surface area contributed by atoms with Gasteiger partial charge in [-0.25, -0.2) is 17.5 Å². The first-order valence-electron chi connectivity index (χ1n) is 6.22. The van der Waals surface area contributed by atoms with Crippen LogP contribution in [0, 0.1) is 11.7 Å². The first-order valence-corrected chi connectivity index (χ1v) is 8.50. The third kappa shape index (κ3) is 3.49. The minimum atomic E-state index is -3.70. The number of nitrogens with two attached hydrogens (primary N) is 1. The number of hydrogen-bond acceptors (Lipinski definition) is 4. The van der Waals surface area contributed by atoms with Crippen LogP contribution in [0.25, 0.3) is 0 Å². The van der Waals surface area contributed by atoms with Gasteiger partial charge < -0.3 is 10.6 Å². The van der Waals surface area contributed by atoms with Crippen molar-refractivity contribution in [3.8, 4) is 0 Å². The van der Waals surface area contributed by atoms with E-state index in [1.165, 1.54) is 0 Å². The maximum absolute atomic E-state index is 13.2. The Kier molecular flexibility index (Phi) is 4.68. The van der Waals surface area contributed by atoms with Crippen molar-refractivity contribution in [3.05, 3.63) is 22.4 Å². The second-order valence-corrected chi connectivity index (χ2v) is 7.66. The van der Waals surface area contributed by atoms with Crippen LogP contribution < -0.4 is 10.5 Å². The molecular weight excluding hydrogens is 349 g/mol. The van der Waals surface area contributed by atoms with Gasteiger partial charge in [0.05, 0.1) is 10.6 Å². The van der Waals surface area contributed by atoms with Crippen molar-refractivity contribution in [2.45, 2.75) is 11.3 Å². The van der Waals surface area contributed by atoms with Crippen LogP contribution in [0.5, 0.6) is 0 Å². The molecular formula is C12H17BrFN3O2S. The molecule has 2 rings (SSSR count). The lowest BCUT2D eigenvalue weighted by Crippen LogP contribution is -2.30. The van der Waals surface area contributed by atoms with Gasteiger partial charge >= 0.3 is 0 Å². The lowest BCUT2D eigenvalue weighted by molar-refractivity contribution is 0.394. The highest BCUT2D eigenvalue weighted by Gasteiger charge is 2.24. The molecule has 0 spiro atoms. The molecule has 0 bridgehead atoms. The number of benzene rings is 1. The number of hydrogen-bond donors (Lipinski definition) is 2. The number of nitrogens with one attached hydrogen (secondary N) is 1. The maximum Gasteiger partial charge on any atom is 0.241 e. The zero-order valence-corrected chi connectivity index (χ0v) is 13.5. The predicted octanol–water partition coefficient (Wildman–Crippen LogP) is 1.40. The van der Waals surface area contributed by atoms with Gasteiger partial charge in [-0.15, -0.1) is 0 Å². The second-order valence-electron chi connectivity index (χ2n) is 5.07. The molecule has 20 heavy (non-hydrogen) atoms. The van der Waals surface area contributed by atoms with Crippen LogP contribution >= 0.6 is 15.9 Å². The minimum absolute atomic E-state index is 0.0391. The van der Waals surface area contributed by atoms with Gasteiger partial charge in [0.25, 0.3) is 0 Å². The molecule has 1 heterocycles. The van der Waals surface area contributed by atoms with E-state index in [0.717, 1.165) is 31.6 Å². The molecule has 1 aliphatic rings. The maximum atomic E-state index is 13.2. The van der Waals surface area contributed by atoms with Gasteiger partial charge in [0, 0.05) is 17.6 Å². The molecule has 112 valence electrons. The molecule has 1 aromatic rings. The van der Waals surface area contributed by atoms with Crippen molar-refractivity contribution in [2.24, 2.45) is 5.92 Å². The fraction of sp³-hybridized carbons (Fsp3) is 0.500. The monoisotopic (exact) mass is 365 g/mol.